The lowest BCUT2D eigenvalue weighted by Gasteiger charge is -1.96. The molecule has 0 saturated heterocycles. The smallest absolute Gasteiger partial charge is 0.396 e. The van der Waals surface area contributed by atoms with E-state index in [1.165, 1.54) is 0 Å². The summed E-state index contributed by atoms with van der Waals surface area (Å²) in [4.78, 5) is 3.16. The van der Waals surface area contributed by atoms with Gasteiger partial charge >= 0.3 is 6.18 Å². The minimum absolute atomic E-state index is 0.196. The van der Waals surface area contributed by atoms with Gasteiger partial charge in [0.05, 0.1) is 11.9 Å². The first-order chi connectivity index (χ1) is 6.88. The fourth-order valence-electron chi connectivity index (χ4n) is 1.10. The highest BCUT2D eigenvalue weighted by Crippen LogP contribution is 2.27. The maximum absolute atomic E-state index is 12.8. The number of anilines is 1. The quantitative estimate of drug-likeness (QED) is 0.684. The summed E-state index contributed by atoms with van der Waals surface area (Å²) in [7, 11) is 0. The molecule has 0 aromatic carbocycles. The normalized spacial score (nSPS) is 12.3. The minimum Gasteiger partial charge on any atom is -0.396 e. The van der Waals surface area contributed by atoms with Gasteiger partial charge in [-0.2, -0.15) is 13.2 Å². The van der Waals surface area contributed by atoms with Crippen molar-refractivity contribution in [3.05, 3.63) is 23.9 Å². The first-order valence-corrected chi connectivity index (χ1v) is 3.76. The summed E-state index contributed by atoms with van der Waals surface area (Å²) >= 11 is 0. The van der Waals surface area contributed by atoms with Crippen LogP contribution in [0.15, 0.2) is 12.3 Å². The molecule has 0 radical (unpaired) electrons. The van der Waals surface area contributed by atoms with Gasteiger partial charge in [0.15, 0.2) is 5.65 Å². The van der Waals surface area contributed by atoms with Crippen LogP contribution in [0.2, 0.25) is 0 Å². The van der Waals surface area contributed by atoms with Gasteiger partial charge < -0.3 is 5.73 Å². The first kappa shape index (κ1) is 9.69. The van der Waals surface area contributed by atoms with E-state index in [2.05, 4.69) is 10.1 Å². The van der Waals surface area contributed by atoms with E-state index >= 15 is 0 Å². The number of nitrogens with two attached hydrogens (primary N) is 1. The number of hydrogen-bond acceptors (Lipinski definition) is 3. The summed E-state index contributed by atoms with van der Waals surface area (Å²) in [5.74, 6) is -2.13. The second-order valence-electron chi connectivity index (χ2n) is 2.82. The lowest BCUT2D eigenvalue weighted by Crippen LogP contribution is -2.07. The highest BCUT2D eigenvalue weighted by Gasteiger charge is 2.36. The molecule has 0 aliphatic rings. The van der Waals surface area contributed by atoms with Crippen LogP contribution in [-0.4, -0.2) is 14.6 Å². The van der Waals surface area contributed by atoms with E-state index in [-0.39, 0.29) is 11.3 Å². The molecule has 0 fully saturated rings. The SMILES string of the molecule is Nc1cc(F)cn2nc(C(F)(F)F)nc12. The van der Waals surface area contributed by atoms with Gasteiger partial charge in [0, 0.05) is 6.07 Å². The van der Waals surface area contributed by atoms with Crippen molar-refractivity contribution in [2.45, 2.75) is 6.18 Å². The predicted molar refractivity (Wildman–Crippen MR) is 42.4 cm³/mol. The van der Waals surface area contributed by atoms with Gasteiger partial charge in [0.25, 0.3) is 5.82 Å². The molecule has 0 aliphatic carbocycles. The summed E-state index contributed by atoms with van der Waals surface area (Å²) in [6.07, 6.45) is -3.90. The number of nitrogen functional groups attached to an aromatic ring is 1. The van der Waals surface area contributed by atoms with Crippen molar-refractivity contribution in [1.29, 1.82) is 0 Å². The fourth-order valence-corrected chi connectivity index (χ4v) is 1.10. The van der Waals surface area contributed by atoms with Crippen LogP contribution < -0.4 is 5.73 Å². The van der Waals surface area contributed by atoms with Crippen LogP contribution in [0.25, 0.3) is 5.65 Å². The minimum atomic E-state index is -4.67. The number of nitrogens with zero attached hydrogens (tertiary/aromatic N) is 3. The Bertz CT molecular complexity index is 515. The van der Waals surface area contributed by atoms with E-state index in [0.717, 1.165) is 12.3 Å². The first-order valence-electron chi connectivity index (χ1n) is 3.76. The third kappa shape index (κ3) is 1.58. The Balaban J connectivity index is 2.71. The number of hydrogen-bond donors (Lipinski definition) is 1. The molecule has 2 rings (SSSR count). The van der Waals surface area contributed by atoms with E-state index < -0.39 is 17.8 Å². The standard InChI is InChI=1S/C7H4F4N4/c8-3-1-4(12)5-13-6(7(9,10)11)14-15(5)2-3/h1-2H,12H2. The van der Waals surface area contributed by atoms with Crippen LogP contribution in [0.3, 0.4) is 0 Å². The highest BCUT2D eigenvalue weighted by atomic mass is 19.4. The highest BCUT2D eigenvalue weighted by molar-refractivity contribution is 5.63. The summed E-state index contributed by atoms with van der Waals surface area (Å²) in [6.45, 7) is 0. The van der Waals surface area contributed by atoms with Crippen LogP contribution in [0.5, 0.6) is 0 Å². The Labute approximate surface area is 80.3 Å². The van der Waals surface area contributed by atoms with Crippen molar-refractivity contribution in [1.82, 2.24) is 14.6 Å². The summed E-state index contributed by atoms with van der Waals surface area (Å²) in [6, 6.07) is 0.879. The van der Waals surface area contributed by atoms with E-state index in [9.17, 15) is 17.6 Å². The maximum atomic E-state index is 12.8. The van der Waals surface area contributed by atoms with Gasteiger partial charge in [-0.25, -0.2) is 13.9 Å². The molecule has 0 aliphatic heterocycles. The van der Waals surface area contributed by atoms with Crippen LogP contribution in [-0.2, 0) is 6.18 Å². The third-order valence-corrected chi connectivity index (χ3v) is 1.68. The molecule has 2 N–H and O–H groups in total. The van der Waals surface area contributed by atoms with Crippen LogP contribution in [0.1, 0.15) is 5.82 Å². The lowest BCUT2D eigenvalue weighted by atomic mass is 10.4. The van der Waals surface area contributed by atoms with Crippen molar-refractivity contribution >= 4 is 11.3 Å². The molecule has 0 amide bonds. The van der Waals surface area contributed by atoms with Crippen molar-refractivity contribution in [3.8, 4) is 0 Å². The van der Waals surface area contributed by atoms with Crippen LogP contribution in [0, 0.1) is 5.82 Å². The largest absolute Gasteiger partial charge is 0.453 e. The van der Waals surface area contributed by atoms with Crippen molar-refractivity contribution in [2.24, 2.45) is 0 Å². The average molecular weight is 220 g/mol. The third-order valence-electron chi connectivity index (χ3n) is 1.68. The van der Waals surface area contributed by atoms with Gasteiger partial charge in [-0.05, 0) is 0 Å². The molecular formula is C7H4F4N4. The molecule has 8 heteroatoms. The number of pyridine rings is 1. The second-order valence-corrected chi connectivity index (χ2v) is 2.82. The van der Waals surface area contributed by atoms with Crippen LogP contribution in [0.4, 0.5) is 23.2 Å². The molecule has 0 unspecified atom stereocenters. The average Bonchev–Trinajstić information content (AvgIpc) is 2.46. The summed E-state index contributed by atoms with van der Waals surface area (Å²) in [5, 5.41) is 3.07. The molecule has 80 valence electrons. The Kier molecular flexibility index (Phi) is 1.82. The van der Waals surface area contributed by atoms with Crippen molar-refractivity contribution < 1.29 is 17.6 Å². The van der Waals surface area contributed by atoms with Crippen molar-refractivity contribution in [3.63, 3.8) is 0 Å². The molecular weight excluding hydrogens is 216 g/mol. The number of fused-ring (bicyclic) bond motifs is 1. The van der Waals surface area contributed by atoms with Gasteiger partial charge in [0.2, 0.25) is 0 Å². The van der Waals surface area contributed by atoms with Crippen LogP contribution >= 0.6 is 0 Å². The zero-order valence-corrected chi connectivity index (χ0v) is 7.09. The zero-order valence-electron chi connectivity index (χ0n) is 7.09. The van der Waals surface area contributed by atoms with Gasteiger partial charge in [-0.15, -0.1) is 5.10 Å². The molecule has 2 aromatic heterocycles. The molecule has 0 spiro atoms. The number of rotatable bonds is 0. The maximum Gasteiger partial charge on any atom is 0.453 e. The van der Waals surface area contributed by atoms with Gasteiger partial charge in [0.1, 0.15) is 5.82 Å². The Morgan fingerprint density at radius 2 is 2.00 bits per heavy atom. The van der Waals surface area contributed by atoms with E-state index in [1.807, 2.05) is 0 Å². The number of alkyl halides is 3. The Morgan fingerprint density at radius 1 is 1.33 bits per heavy atom. The molecule has 0 atom stereocenters. The van der Waals surface area contributed by atoms with E-state index in [0.29, 0.717) is 4.52 Å². The monoisotopic (exact) mass is 220 g/mol. The number of halogens is 4. The van der Waals surface area contributed by atoms with Gasteiger partial charge in [-0.3, -0.25) is 0 Å². The second kappa shape index (κ2) is 2.81. The zero-order chi connectivity index (χ0) is 11.2. The Hall–Kier alpha value is -1.86. The molecule has 2 aromatic rings. The van der Waals surface area contributed by atoms with E-state index in [1.54, 1.807) is 0 Å². The molecule has 0 saturated carbocycles. The summed E-state index contributed by atoms with van der Waals surface area (Å²) < 4.78 is 50.0. The summed E-state index contributed by atoms with van der Waals surface area (Å²) in [5.41, 5.74) is 4.87. The molecule has 15 heavy (non-hydrogen) atoms. The fraction of sp³-hybridized carbons (Fsp3) is 0.143. The molecule has 2 heterocycles. The van der Waals surface area contributed by atoms with Gasteiger partial charge in [-0.1, -0.05) is 0 Å². The molecule has 4 nitrogen and oxygen atoms in total. The Morgan fingerprint density at radius 3 is 2.60 bits per heavy atom. The predicted octanol–water partition coefficient (Wildman–Crippen LogP) is 1.47. The van der Waals surface area contributed by atoms with E-state index in [4.69, 9.17) is 5.73 Å². The lowest BCUT2D eigenvalue weighted by molar-refractivity contribution is -0.144. The molecule has 0 bridgehead atoms. The van der Waals surface area contributed by atoms with Crippen molar-refractivity contribution in [2.75, 3.05) is 5.73 Å². The topological polar surface area (TPSA) is 56.2 Å². The number of aromatic nitrogens is 3.